The molecule has 2 nitrogen and oxygen atoms in total. The quantitative estimate of drug-likeness (QED) is 0.860. The lowest BCUT2D eigenvalue weighted by Crippen LogP contribution is -2.08. The average molecular weight is 261 g/mol. The van der Waals surface area contributed by atoms with Gasteiger partial charge in [-0.2, -0.15) is 0 Å². The number of rotatable bonds is 4. The Hall–Kier alpha value is -2.23. The van der Waals surface area contributed by atoms with E-state index in [1.807, 2.05) is 0 Å². The highest BCUT2D eigenvalue weighted by Gasteiger charge is 2.12. The molecule has 0 bridgehead atoms. The van der Waals surface area contributed by atoms with Gasteiger partial charge in [0, 0.05) is 18.5 Å². The second-order valence-corrected chi connectivity index (χ2v) is 4.35. The molecule has 98 valence electrons. The summed E-state index contributed by atoms with van der Waals surface area (Å²) in [5.74, 6) is -2.06. The first-order valence-corrected chi connectivity index (χ1v) is 5.85. The Bertz CT molecular complexity index is 594. The summed E-state index contributed by atoms with van der Waals surface area (Å²) in [6, 6.07) is 10.7. The maximum Gasteiger partial charge on any atom is 0.162 e. The topological polar surface area (TPSA) is 43.1 Å². The van der Waals surface area contributed by atoms with Crippen molar-refractivity contribution in [2.24, 2.45) is 0 Å². The zero-order valence-electron chi connectivity index (χ0n) is 10.2. The van der Waals surface area contributed by atoms with Crippen LogP contribution in [0.4, 0.5) is 14.5 Å². The van der Waals surface area contributed by atoms with Crippen LogP contribution in [0.5, 0.6) is 0 Å². The average Bonchev–Trinajstić information content (AvgIpc) is 2.38. The molecule has 2 rings (SSSR count). The first kappa shape index (κ1) is 13.2. The van der Waals surface area contributed by atoms with Crippen LogP contribution in [0.15, 0.2) is 42.5 Å². The smallest absolute Gasteiger partial charge is 0.162 e. The van der Waals surface area contributed by atoms with Crippen molar-refractivity contribution in [3.8, 4) is 0 Å². The Morgan fingerprint density at radius 2 is 1.68 bits per heavy atom. The van der Waals surface area contributed by atoms with E-state index < -0.39 is 11.6 Å². The first-order chi connectivity index (χ1) is 9.06. The number of nitrogens with two attached hydrogens (primary N) is 1. The number of carbonyl (C=O) groups is 1. The van der Waals surface area contributed by atoms with Crippen molar-refractivity contribution >= 4 is 11.5 Å². The van der Waals surface area contributed by atoms with Gasteiger partial charge < -0.3 is 5.73 Å². The molecule has 2 aromatic rings. The monoisotopic (exact) mass is 261 g/mol. The summed E-state index contributed by atoms with van der Waals surface area (Å²) in [5.41, 5.74) is 7.04. The first-order valence-electron chi connectivity index (χ1n) is 5.85. The number of nitrogen functional groups attached to an aromatic ring is 1. The molecule has 0 saturated carbocycles. The largest absolute Gasteiger partial charge is 0.399 e. The van der Waals surface area contributed by atoms with E-state index in [9.17, 15) is 13.6 Å². The third kappa shape index (κ3) is 3.37. The fourth-order valence-corrected chi connectivity index (χ4v) is 1.82. The summed E-state index contributed by atoms with van der Waals surface area (Å²) in [6.07, 6.45) is 0.0597. The highest BCUT2D eigenvalue weighted by molar-refractivity contribution is 5.83. The Morgan fingerprint density at radius 1 is 1.00 bits per heavy atom. The SMILES string of the molecule is Nc1ccc(CC(=O)Cc2cccc(F)c2F)cc1. The number of hydrogen-bond acceptors (Lipinski definition) is 2. The van der Waals surface area contributed by atoms with Gasteiger partial charge >= 0.3 is 0 Å². The number of Topliss-reactive ketones (excluding diaryl/α,β-unsaturated/α-hetero) is 1. The maximum absolute atomic E-state index is 13.4. The number of halogens is 2. The highest BCUT2D eigenvalue weighted by Crippen LogP contribution is 2.14. The molecule has 0 aliphatic rings. The fraction of sp³-hybridized carbons (Fsp3) is 0.133. The van der Waals surface area contributed by atoms with E-state index in [2.05, 4.69) is 0 Å². The number of carbonyl (C=O) groups excluding carboxylic acids is 1. The molecule has 0 atom stereocenters. The van der Waals surface area contributed by atoms with Crippen molar-refractivity contribution < 1.29 is 13.6 Å². The van der Waals surface area contributed by atoms with Crippen LogP contribution in [0.3, 0.4) is 0 Å². The molecule has 19 heavy (non-hydrogen) atoms. The van der Waals surface area contributed by atoms with Crippen LogP contribution >= 0.6 is 0 Å². The molecule has 0 unspecified atom stereocenters. The van der Waals surface area contributed by atoms with Gasteiger partial charge in [0.1, 0.15) is 5.78 Å². The maximum atomic E-state index is 13.4. The predicted octanol–water partition coefficient (Wildman–Crippen LogP) is 2.90. The molecular formula is C15H13F2NO. The predicted molar refractivity (Wildman–Crippen MR) is 69.6 cm³/mol. The molecule has 0 saturated heterocycles. The lowest BCUT2D eigenvalue weighted by Gasteiger charge is -2.04. The van der Waals surface area contributed by atoms with E-state index in [0.29, 0.717) is 5.69 Å². The van der Waals surface area contributed by atoms with Crippen molar-refractivity contribution in [2.45, 2.75) is 12.8 Å². The molecule has 2 N–H and O–H groups in total. The third-order valence-electron chi connectivity index (χ3n) is 2.80. The summed E-state index contributed by atoms with van der Waals surface area (Å²) in [7, 11) is 0. The number of benzene rings is 2. The minimum absolute atomic E-state index is 0.0837. The summed E-state index contributed by atoms with van der Waals surface area (Å²) < 4.78 is 26.4. The molecule has 0 heterocycles. The fourth-order valence-electron chi connectivity index (χ4n) is 1.82. The lowest BCUT2D eigenvalue weighted by molar-refractivity contribution is -0.117. The normalized spacial score (nSPS) is 10.4. The minimum atomic E-state index is -0.951. The van der Waals surface area contributed by atoms with Crippen molar-refractivity contribution in [1.82, 2.24) is 0 Å². The van der Waals surface area contributed by atoms with Crippen molar-refractivity contribution in [2.75, 3.05) is 5.73 Å². The summed E-state index contributed by atoms with van der Waals surface area (Å²) in [5, 5.41) is 0. The van der Waals surface area contributed by atoms with Crippen LogP contribution in [-0.4, -0.2) is 5.78 Å². The van der Waals surface area contributed by atoms with Crippen LogP contribution in [0, 0.1) is 11.6 Å². The van der Waals surface area contributed by atoms with Crippen molar-refractivity contribution in [1.29, 1.82) is 0 Å². The van der Waals surface area contributed by atoms with Crippen molar-refractivity contribution in [3.63, 3.8) is 0 Å². The number of anilines is 1. The molecule has 0 aliphatic heterocycles. The van der Waals surface area contributed by atoms with Crippen LogP contribution in [0.1, 0.15) is 11.1 Å². The van der Waals surface area contributed by atoms with Gasteiger partial charge in [0.2, 0.25) is 0 Å². The third-order valence-corrected chi connectivity index (χ3v) is 2.80. The van der Waals surface area contributed by atoms with E-state index in [0.717, 1.165) is 11.6 Å². The Labute approximate surface area is 109 Å². The molecule has 4 heteroatoms. The Kier molecular flexibility index (Phi) is 3.90. The second-order valence-electron chi connectivity index (χ2n) is 4.35. The van der Waals surface area contributed by atoms with Crippen molar-refractivity contribution in [3.05, 3.63) is 65.2 Å². The van der Waals surface area contributed by atoms with Gasteiger partial charge in [-0.1, -0.05) is 24.3 Å². The molecule has 0 radical (unpaired) electrons. The second kappa shape index (κ2) is 5.61. The van der Waals surface area contributed by atoms with Gasteiger partial charge in [0.15, 0.2) is 11.6 Å². The van der Waals surface area contributed by atoms with Gasteiger partial charge in [-0.25, -0.2) is 8.78 Å². The van der Waals surface area contributed by atoms with Gasteiger partial charge in [0.05, 0.1) is 0 Å². The summed E-state index contributed by atoms with van der Waals surface area (Å²) >= 11 is 0. The zero-order valence-corrected chi connectivity index (χ0v) is 10.2. The van der Waals surface area contributed by atoms with E-state index in [1.54, 1.807) is 24.3 Å². The minimum Gasteiger partial charge on any atom is -0.399 e. The standard InChI is InChI=1S/C15H13F2NO/c16-14-3-1-2-11(15(14)17)9-13(19)8-10-4-6-12(18)7-5-10/h1-7H,8-9,18H2. The van der Waals surface area contributed by atoms with Gasteiger partial charge in [-0.3, -0.25) is 4.79 Å². The van der Waals surface area contributed by atoms with E-state index in [1.165, 1.54) is 12.1 Å². The Balaban J connectivity index is 2.05. The summed E-state index contributed by atoms with van der Waals surface area (Å²) in [4.78, 5) is 11.8. The van der Waals surface area contributed by atoms with Crippen LogP contribution in [0.25, 0.3) is 0 Å². The Morgan fingerprint density at radius 3 is 2.37 bits per heavy atom. The highest BCUT2D eigenvalue weighted by atomic mass is 19.2. The summed E-state index contributed by atoms with van der Waals surface area (Å²) in [6.45, 7) is 0. The number of hydrogen-bond donors (Lipinski definition) is 1. The molecule has 0 aliphatic carbocycles. The van der Waals surface area contributed by atoms with Gasteiger partial charge in [-0.15, -0.1) is 0 Å². The van der Waals surface area contributed by atoms with E-state index in [-0.39, 0.29) is 24.2 Å². The van der Waals surface area contributed by atoms with E-state index in [4.69, 9.17) is 5.73 Å². The molecule has 2 aromatic carbocycles. The molecular weight excluding hydrogens is 248 g/mol. The molecule has 0 amide bonds. The van der Waals surface area contributed by atoms with Crippen LogP contribution in [0.2, 0.25) is 0 Å². The molecule has 0 fully saturated rings. The zero-order chi connectivity index (χ0) is 13.8. The molecule has 0 spiro atoms. The lowest BCUT2D eigenvalue weighted by atomic mass is 10.0. The van der Waals surface area contributed by atoms with Crippen LogP contribution in [-0.2, 0) is 17.6 Å². The number of ketones is 1. The van der Waals surface area contributed by atoms with Gasteiger partial charge in [0.25, 0.3) is 0 Å². The van der Waals surface area contributed by atoms with Crippen LogP contribution < -0.4 is 5.73 Å². The van der Waals surface area contributed by atoms with Gasteiger partial charge in [-0.05, 0) is 29.3 Å². The molecule has 0 aromatic heterocycles. The van der Waals surface area contributed by atoms with E-state index >= 15 is 0 Å².